The predicted molar refractivity (Wildman–Crippen MR) is 79.1 cm³/mol. The van der Waals surface area contributed by atoms with Crippen molar-refractivity contribution in [1.29, 1.82) is 0 Å². The number of amides is 1. The first kappa shape index (κ1) is 16.6. The summed E-state index contributed by atoms with van der Waals surface area (Å²) in [6.07, 6.45) is 0.294. The van der Waals surface area contributed by atoms with Crippen LogP contribution in [-0.4, -0.2) is 49.2 Å². The molecule has 0 heterocycles. The fraction of sp³-hybridized carbons (Fsp3) is 0.429. The van der Waals surface area contributed by atoms with Crippen molar-refractivity contribution < 1.29 is 19.5 Å². The van der Waals surface area contributed by atoms with Crippen molar-refractivity contribution in [3.8, 4) is 11.5 Å². The van der Waals surface area contributed by atoms with Gasteiger partial charge in [0.25, 0.3) is 5.91 Å². The molecule has 1 aromatic carbocycles. The molecule has 21 heavy (non-hydrogen) atoms. The lowest BCUT2D eigenvalue weighted by molar-refractivity contribution is 0.0764. The van der Waals surface area contributed by atoms with Gasteiger partial charge in [-0.15, -0.1) is 0 Å². The van der Waals surface area contributed by atoms with E-state index in [1.165, 1.54) is 14.2 Å². The quantitative estimate of drug-likeness (QED) is 0.342. The van der Waals surface area contributed by atoms with Crippen LogP contribution in [0.25, 0.3) is 0 Å². The maximum atomic E-state index is 12.6. The topological polar surface area (TPSA) is 97.4 Å². The Bertz CT molecular complexity index is 517. The van der Waals surface area contributed by atoms with Gasteiger partial charge in [0, 0.05) is 19.5 Å². The fourth-order valence-corrected chi connectivity index (χ4v) is 1.93. The SMILES string of the molecule is CCN(CCC(N)=NO)C(=O)c1cccc(OC)c1OC. The van der Waals surface area contributed by atoms with E-state index >= 15 is 0 Å². The number of oxime groups is 1. The number of carbonyl (C=O) groups is 1. The third kappa shape index (κ3) is 4.01. The summed E-state index contributed by atoms with van der Waals surface area (Å²) in [7, 11) is 3.00. The Kier molecular flexibility index (Phi) is 6.32. The largest absolute Gasteiger partial charge is 0.493 e. The number of nitrogens with two attached hydrogens (primary N) is 1. The Morgan fingerprint density at radius 1 is 1.38 bits per heavy atom. The van der Waals surface area contributed by atoms with E-state index in [1.807, 2.05) is 6.92 Å². The lowest BCUT2D eigenvalue weighted by Gasteiger charge is -2.22. The summed E-state index contributed by atoms with van der Waals surface area (Å²) in [6, 6.07) is 5.13. The number of amidine groups is 1. The van der Waals surface area contributed by atoms with Crippen molar-refractivity contribution in [3.05, 3.63) is 23.8 Å². The van der Waals surface area contributed by atoms with Crippen molar-refractivity contribution >= 4 is 11.7 Å². The number of benzene rings is 1. The standard InChI is InChI=1S/C14H21N3O4/c1-4-17(9-8-12(15)16-19)14(18)10-6-5-7-11(20-2)13(10)21-3/h5-7,19H,4,8-9H2,1-3H3,(H2,15,16). The summed E-state index contributed by atoms with van der Waals surface area (Å²) < 4.78 is 10.5. The second kappa shape index (κ2) is 7.98. The third-order valence-electron chi connectivity index (χ3n) is 3.07. The maximum Gasteiger partial charge on any atom is 0.257 e. The van der Waals surface area contributed by atoms with E-state index < -0.39 is 0 Å². The van der Waals surface area contributed by atoms with Crippen LogP contribution in [0, 0.1) is 0 Å². The summed E-state index contributed by atoms with van der Waals surface area (Å²) in [5, 5.41) is 11.4. The molecular formula is C14H21N3O4. The zero-order valence-electron chi connectivity index (χ0n) is 12.5. The number of nitrogens with zero attached hydrogens (tertiary/aromatic N) is 2. The van der Waals surface area contributed by atoms with Crippen molar-refractivity contribution in [2.45, 2.75) is 13.3 Å². The van der Waals surface area contributed by atoms with Gasteiger partial charge in [-0.05, 0) is 19.1 Å². The molecule has 3 N–H and O–H groups in total. The van der Waals surface area contributed by atoms with E-state index in [-0.39, 0.29) is 11.7 Å². The van der Waals surface area contributed by atoms with E-state index in [2.05, 4.69) is 5.16 Å². The van der Waals surface area contributed by atoms with E-state index in [1.54, 1.807) is 23.1 Å². The van der Waals surface area contributed by atoms with Gasteiger partial charge in [-0.1, -0.05) is 11.2 Å². The van der Waals surface area contributed by atoms with Crippen molar-refractivity contribution in [1.82, 2.24) is 4.90 Å². The van der Waals surface area contributed by atoms with E-state index in [0.29, 0.717) is 36.6 Å². The highest BCUT2D eigenvalue weighted by atomic mass is 16.5. The van der Waals surface area contributed by atoms with E-state index in [4.69, 9.17) is 20.4 Å². The Morgan fingerprint density at radius 2 is 2.10 bits per heavy atom. The Labute approximate surface area is 123 Å². The minimum absolute atomic E-state index is 0.0823. The molecule has 0 fully saturated rings. The Hall–Kier alpha value is -2.44. The van der Waals surface area contributed by atoms with Gasteiger partial charge < -0.3 is 25.3 Å². The highest BCUT2D eigenvalue weighted by molar-refractivity contribution is 5.98. The van der Waals surface area contributed by atoms with Crippen LogP contribution >= 0.6 is 0 Å². The lowest BCUT2D eigenvalue weighted by atomic mass is 10.1. The molecule has 0 aliphatic heterocycles. The van der Waals surface area contributed by atoms with Gasteiger partial charge in [0.15, 0.2) is 11.5 Å². The zero-order valence-corrected chi connectivity index (χ0v) is 12.5. The lowest BCUT2D eigenvalue weighted by Crippen LogP contribution is -2.34. The molecule has 1 amide bonds. The second-order valence-electron chi connectivity index (χ2n) is 4.27. The summed E-state index contributed by atoms with van der Waals surface area (Å²) in [5.74, 6) is 0.779. The number of ether oxygens (including phenoxy) is 2. The molecule has 0 atom stereocenters. The van der Waals surface area contributed by atoms with Gasteiger partial charge in [-0.2, -0.15) is 0 Å². The highest BCUT2D eigenvalue weighted by Gasteiger charge is 2.21. The molecule has 7 heteroatoms. The maximum absolute atomic E-state index is 12.6. The number of para-hydroxylation sites is 1. The van der Waals surface area contributed by atoms with Crippen LogP contribution < -0.4 is 15.2 Å². The van der Waals surface area contributed by atoms with Crippen molar-refractivity contribution in [3.63, 3.8) is 0 Å². The highest BCUT2D eigenvalue weighted by Crippen LogP contribution is 2.31. The van der Waals surface area contributed by atoms with Crippen LogP contribution in [0.15, 0.2) is 23.4 Å². The zero-order chi connectivity index (χ0) is 15.8. The van der Waals surface area contributed by atoms with E-state index in [0.717, 1.165) is 0 Å². The van der Waals surface area contributed by atoms with Gasteiger partial charge >= 0.3 is 0 Å². The average molecular weight is 295 g/mol. The number of rotatable bonds is 7. The molecule has 0 spiro atoms. The number of hydrogen-bond donors (Lipinski definition) is 2. The molecule has 0 saturated carbocycles. The van der Waals surface area contributed by atoms with Crippen LogP contribution in [0.2, 0.25) is 0 Å². The minimum Gasteiger partial charge on any atom is -0.493 e. The second-order valence-corrected chi connectivity index (χ2v) is 4.27. The van der Waals surface area contributed by atoms with Gasteiger partial charge in [-0.25, -0.2) is 0 Å². The van der Waals surface area contributed by atoms with Crippen LogP contribution in [0.1, 0.15) is 23.7 Å². The molecule has 7 nitrogen and oxygen atoms in total. The van der Waals surface area contributed by atoms with Gasteiger partial charge in [-0.3, -0.25) is 4.79 Å². The predicted octanol–water partition coefficient (Wildman–Crippen LogP) is 1.30. The summed E-state index contributed by atoms with van der Waals surface area (Å²) in [5.41, 5.74) is 5.85. The molecular weight excluding hydrogens is 274 g/mol. The number of hydrogen-bond acceptors (Lipinski definition) is 5. The number of carbonyl (C=O) groups excluding carboxylic acids is 1. The molecule has 1 rings (SSSR count). The van der Waals surface area contributed by atoms with Gasteiger partial charge in [0.05, 0.1) is 19.8 Å². The Balaban J connectivity index is 3.00. The first-order chi connectivity index (χ1) is 10.1. The molecule has 0 aliphatic carbocycles. The Morgan fingerprint density at radius 3 is 2.62 bits per heavy atom. The van der Waals surface area contributed by atoms with Crippen molar-refractivity contribution in [2.75, 3.05) is 27.3 Å². The molecule has 1 aromatic rings. The average Bonchev–Trinajstić information content (AvgIpc) is 2.53. The van der Waals surface area contributed by atoms with Gasteiger partial charge in [0.1, 0.15) is 5.84 Å². The minimum atomic E-state index is -0.195. The fourth-order valence-electron chi connectivity index (χ4n) is 1.93. The molecule has 0 aliphatic rings. The molecule has 0 saturated heterocycles. The van der Waals surface area contributed by atoms with Gasteiger partial charge in [0.2, 0.25) is 0 Å². The molecule has 116 valence electrons. The monoisotopic (exact) mass is 295 g/mol. The summed E-state index contributed by atoms with van der Waals surface area (Å²) >= 11 is 0. The summed E-state index contributed by atoms with van der Waals surface area (Å²) in [4.78, 5) is 14.2. The van der Waals surface area contributed by atoms with Crippen LogP contribution in [-0.2, 0) is 0 Å². The molecule has 0 radical (unpaired) electrons. The van der Waals surface area contributed by atoms with Crippen LogP contribution in [0.5, 0.6) is 11.5 Å². The van der Waals surface area contributed by atoms with Crippen LogP contribution in [0.3, 0.4) is 0 Å². The van der Waals surface area contributed by atoms with Crippen LogP contribution in [0.4, 0.5) is 0 Å². The number of methoxy groups -OCH3 is 2. The van der Waals surface area contributed by atoms with E-state index in [9.17, 15) is 4.79 Å². The van der Waals surface area contributed by atoms with Crippen molar-refractivity contribution in [2.24, 2.45) is 10.9 Å². The molecule has 0 bridgehead atoms. The first-order valence-corrected chi connectivity index (χ1v) is 6.55. The molecule has 0 unspecified atom stereocenters. The third-order valence-corrected chi connectivity index (χ3v) is 3.07. The first-order valence-electron chi connectivity index (χ1n) is 6.55. The smallest absolute Gasteiger partial charge is 0.257 e. The molecule has 0 aromatic heterocycles. The summed E-state index contributed by atoms with van der Waals surface area (Å²) in [6.45, 7) is 2.71. The normalized spacial score (nSPS) is 11.1.